The van der Waals surface area contributed by atoms with Crippen molar-refractivity contribution in [2.75, 3.05) is 26.0 Å². The molecule has 0 bridgehead atoms. The van der Waals surface area contributed by atoms with Crippen molar-refractivity contribution < 1.29 is 4.79 Å². The van der Waals surface area contributed by atoms with Crippen LogP contribution in [0, 0.1) is 18.8 Å². The summed E-state index contributed by atoms with van der Waals surface area (Å²) in [6, 6.07) is 17.6. The Morgan fingerprint density at radius 1 is 1.05 bits per heavy atom. The summed E-state index contributed by atoms with van der Waals surface area (Å²) in [5.41, 5.74) is 4.92. The van der Waals surface area contributed by atoms with Crippen molar-refractivity contribution in [1.82, 2.24) is 34.5 Å². The van der Waals surface area contributed by atoms with Crippen molar-refractivity contribution in [2.24, 2.45) is 7.05 Å². The number of hydrogen-bond donors (Lipinski definition) is 2. The van der Waals surface area contributed by atoms with Crippen LogP contribution in [0.15, 0.2) is 78.0 Å². The number of aromatic nitrogens is 5. The largest absolute Gasteiger partial charge is 0.341 e. The highest BCUT2D eigenvalue weighted by atomic mass is 16.2. The van der Waals surface area contributed by atoms with Crippen LogP contribution in [0.3, 0.4) is 0 Å². The van der Waals surface area contributed by atoms with E-state index in [0.29, 0.717) is 18.2 Å². The van der Waals surface area contributed by atoms with E-state index >= 15 is 0 Å². The molecule has 0 aliphatic rings. The van der Waals surface area contributed by atoms with Gasteiger partial charge in [-0.05, 0) is 68.5 Å². The van der Waals surface area contributed by atoms with Gasteiger partial charge in [0, 0.05) is 54.5 Å². The maximum absolute atomic E-state index is 13.0. The van der Waals surface area contributed by atoms with Gasteiger partial charge in [0.1, 0.15) is 5.56 Å². The summed E-state index contributed by atoms with van der Waals surface area (Å²) in [6.07, 6.45) is 5.13. The number of carbonyl (C=O) groups is 1. The van der Waals surface area contributed by atoms with Gasteiger partial charge < -0.3 is 15.5 Å². The number of hydrogen-bond acceptors (Lipinski definition) is 7. The van der Waals surface area contributed by atoms with Gasteiger partial charge in [0.15, 0.2) is 0 Å². The average Bonchev–Trinajstić information content (AvgIpc) is 3.19. The van der Waals surface area contributed by atoms with Gasteiger partial charge in [0.2, 0.25) is 5.95 Å². The molecule has 10 nitrogen and oxygen atoms in total. The van der Waals surface area contributed by atoms with Crippen LogP contribution in [0.25, 0.3) is 10.9 Å². The Labute approximate surface area is 244 Å². The zero-order valence-corrected chi connectivity index (χ0v) is 24.0. The molecule has 0 fully saturated rings. The molecule has 0 atom stereocenters. The molecule has 0 spiro atoms. The monoisotopic (exact) mass is 560 g/mol. The van der Waals surface area contributed by atoms with Crippen LogP contribution in [-0.4, -0.2) is 55.8 Å². The van der Waals surface area contributed by atoms with Crippen LogP contribution in [0.1, 0.15) is 32.7 Å². The van der Waals surface area contributed by atoms with Crippen LogP contribution in [0.5, 0.6) is 0 Å². The number of rotatable bonds is 8. The summed E-state index contributed by atoms with van der Waals surface area (Å²) in [7, 11) is 5.85. The minimum atomic E-state index is -0.452. The number of nitrogens with zero attached hydrogens (tertiary/aromatic N) is 6. The first-order valence-corrected chi connectivity index (χ1v) is 13.5. The second-order valence-corrected chi connectivity index (χ2v) is 10.2. The SMILES string of the molecule is Cc1c(C(=O)NCC#Cc2ccc3nc(Nc4ccc(CN(C)C)cc4)ncc3c2)c(=O)n(Cc2cccnc2)n1C. The van der Waals surface area contributed by atoms with Crippen LogP contribution in [-0.2, 0) is 20.1 Å². The summed E-state index contributed by atoms with van der Waals surface area (Å²) < 4.78 is 3.21. The van der Waals surface area contributed by atoms with Gasteiger partial charge in [-0.15, -0.1) is 0 Å². The number of fused-ring (bicyclic) bond motifs is 1. The molecule has 0 aliphatic carbocycles. The number of anilines is 2. The van der Waals surface area contributed by atoms with Gasteiger partial charge in [0.05, 0.1) is 18.6 Å². The molecule has 5 rings (SSSR count). The summed E-state index contributed by atoms with van der Waals surface area (Å²) >= 11 is 0. The number of carbonyl (C=O) groups excluding carboxylic acids is 1. The van der Waals surface area contributed by atoms with Crippen molar-refractivity contribution in [1.29, 1.82) is 0 Å². The molecule has 212 valence electrons. The number of pyridine rings is 1. The van der Waals surface area contributed by atoms with Crippen molar-refractivity contribution >= 4 is 28.4 Å². The van der Waals surface area contributed by atoms with Gasteiger partial charge in [-0.2, -0.15) is 0 Å². The maximum Gasteiger partial charge on any atom is 0.280 e. The van der Waals surface area contributed by atoms with E-state index in [2.05, 4.69) is 54.5 Å². The highest BCUT2D eigenvalue weighted by Gasteiger charge is 2.21. The van der Waals surface area contributed by atoms with Gasteiger partial charge in [0.25, 0.3) is 11.5 Å². The smallest absolute Gasteiger partial charge is 0.280 e. The average molecular weight is 561 g/mol. The van der Waals surface area contributed by atoms with E-state index in [1.165, 1.54) is 10.2 Å². The molecular weight excluding hydrogens is 528 g/mol. The molecule has 2 aromatic carbocycles. The summed E-state index contributed by atoms with van der Waals surface area (Å²) in [5, 5.41) is 6.85. The third-order valence-corrected chi connectivity index (χ3v) is 6.80. The lowest BCUT2D eigenvalue weighted by Crippen LogP contribution is -2.31. The fourth-order valence-corrected chi connectivity index (χ4v) is 4.59. The van der Waals surface area contributed by atoms with Gasteiger partial charge in [-0.3, -0.25) is 19.3 Å². The topological polar surface area (TPSA) is 110 Å². The second kappa shape index (κ2) is 12.5. The number of nitrogens with one attached hydrogen (secondary N) is 2. The lowest BCUT2D eigenvalue weighted by Gasteiger charge is -2.10. The van der Waals surface area contributed by atoms with Crippen molar-refractivity contribution in [3.8, 4) is 11.8 Å². The molecule has 0 radical (unpaired) electrons. The van der Waals surface area contributed by atoms with Crippen molar-refractivity contribution in [3.63, 3.8) is 0 Å². The van der Waals surface area contributed by atoms with E-state index < -0.39 is 5.91 Å². The third-order valence-electron chi connectivity index (χ3n) is 6.80. The van der Waals surface area contributed by atoms with Gasteiger partial charge in [-0.1, -0.05) is 30.0 Å². The standard InChI is InChI=1S/C32H32N8O2/c1-22-29(31(42)40(39(22)4)21-25-8-5-15-33-18-25)30(41)34-16-6-7-23-11-14-28-26(17-23)19-35-32(37-28)36-27-12-9-24(10-13-27)20-38(2)3/h5,8-15,17-19H,16,20-21H2,1-4H3,(H,34,41)(H,35,36,37). The van der Waals surface area contributed by atoms with Gasteiger partial charge in [-0.25, -0.2) is 14.6 Å². The molecule has 42 heavy (non-hydrogen) atoms. The van der Waals surface area contributed by atoms with Gasteiger partial charge >= 0.3 is 0 Å². The summed E-state index contributed by atoms with van der Waals surface area (Å²) in [6.45, 7) is 3.05. The molecule has 0 saturated heterocycles. The Hall–Kier alpha value is -5.27. The second-order valence-electron chi connectivity index (χ2n) is 10.2. The molecule has 3 heterocycles. The molecule has 0 saturated carbocycles. The highest BCUT2D eigenvalue weighted by Crippen LogP contribution is 2.18. The molecule has 3 aromatic heterocycles. The Balaban J connectivity index is 1.21. The Morgan fingerprint density at radius 3 is 2.60 bits per heavy atom. The summed E-state index contributed by atoms with van der Waals surface area (Å²) in [4.78, 5) is 41.2. The Bertz CT molecular complexity index is 1850. The Kier molecular flexibility index (Phi) is 8.41. The zero-order valence-electron chi connectivity index (χ0n) is 24.0. The van der Waals surface area contributed by atoms with Crippen LogP contribution in [0.2, 0.25) is 0 Å². The molecule has 10 heteroatoms. The molecule has 2 N–H and O–H groups in total. The molecular formula is C32H32N8O2. The number of benzene rings is 2. The minimum Gasteiger partial charge on any atom is -0.341 e. The first-order chi connectivity index (χ1) is 20.3. The molecule has 0 aliphatic heterocycles. The third kappa shape index (κ3) is 6.54. The molecule has 0 unspecified atom stereocenters. The fourth-order valence-electron chi connectivity index (χ4n) is 4.59. The maximum atomic E-state index is 13.0. The lowest BCUT2D eigenvalue weighted by molar-refractivity contribution is 0.0956. The van der Waals surface area contributed by atoms with Crippen LogP contribution >= 0.6 is 0 Å². The van der Waals surface area contributed by atoms with Crippen molar-refractivity contribution in [2.45, 2.75) is 20.0 Å². The predicted molar refractivity (Wildman–Crippen MR) is 164 cm³/mol. The molecule has 1 amide bonds. The minimum absolute atomic E-state index is 0.0972. The van der Waals surface area contributed by atoms with Crippen LogP contribution < -0.4 is 16.2 Å². The van der Waals surface area contributed by atoms with E-state index in [0.717, 1.165) is 34.3 Å². The Morgan fingerprint density at radius 2 is 1.86 bits per heavy atom. The number of amides is 1. The van der Waals surface area contributed by atoms with E-state index in [-0.39, 0.29) is 17.7 Å². The molecule has 5 aromatic rings. The van der Waals surface area contributed by atoms with E-state index in [1.54, 1.807) is 37.2 Å². The zero-order chi connectivity index (χ0) is 29.6. The quantitative estimate of drug-likeness (QED) is 0.280. The summed E-state index contributed by atoms with van der Waals surface area (Å²) in [5.74, 6) is 6.09. The van der Waals surface area contributed by atoms with Crippen molar-refractivity contribution in [3.05, 3.63) is 111 Å². The first kappa shape index (κ1) is 28.3. The van der Waals surface area contributed by atoms with E-state index in [9.17, 15) is 9.59 Å². The normalized spacial score (nSPS) is 10.9. The highest BCUT2D eigenvalue weighted by molar-refractivity contribution is 5.95. The van der Waals surface area contributed by atoms with Crippen LogP contribution in [0.4, 0.5) is 11.6 Å². The van der Waals surface area contributed by atoms with E-state index in [1.807, 2.05) is 56.6 Å². The lowest BCUT2D eigenvalue weighted by atomic mass is 10.1. The van der Waals surface area contributed by atoms with E-state index in [4.69, 9.17) is 0 Å². The predicted octanol–water partition coefficient (Wildman–Crippen LogP) is 3.47. The fraction of sp³-hybridized carbons (Fsp3) is 0.219. The first-order valence-electron chi connectivity index (χ1n) is 13.5.